The molecule has 0 unspecified atom stereocenters. The number of nitriles is 1. The maximum Gasteiger partial charge on any atom is 0.266 e. The van der Waals surface area contributed by atoms with Crippen molar-refractivity contribution in [2.75, 3.05) is 5.32 Å². The highest BCUT2D eigenvalue weighted by Gasteiger charge is 2.16. The number of anilines is 1. The van der Waals surface area contributed by atoms with Gasteiger partial charge in [-0.05, 0) is 74.4 Å². The Morgan fingerprint density at radius 3 is 2.58 bits per heavy atom. The van der Waals surface area contributed by atoms with Crippen LogP contribution in [0.2, 0.25) is 0 Å². The summed E-state index contributed by atoms with van der Waals surface area (Å²) >= 11 is 3.40. The van der Waals surface area contributed by atoms with Crippen LogP contribution >= 0.6 is 15.9 Å². The van der Waals surface area contributed by atoms with E-state index in [-0.39, 0.29) is 5.57 Å². The topological polar surface area (TPSA) is 52.9 Å². The number of benzene rings is 3. The molecule has 0 atom stereocenters. The van der Waals surface area contributed by atoms with Gasteiger partial charge in [0.1, 0.15) is 11.6 Å². The van der Waals surface area contributed by atoms with E-state index in [0.29, 0.717) is 5.69 Å². The van der Waals surface area contributed by atoms with Gasteiger partial charge in [0, 0.05) is 4.47 Å². The molecule has 26 heavy (non-hydrogen) atoms. The van der Waals surface area contributed by atoms with Crippen molar-refractivity contribution in [2.24, 2.45) is 0 Å². The smallest absolute Gasteiger partial charge is 0.266 e. The number of hydrogen-bond donors (Lipinski definition) is 1. The van der Waals surface area contributed by atoms with Crippen molar-refractivity contribution < 1.29 is 4.79 Å². The molecule has 3 aromatic rings. The van der Waals surface area contributed by atoms with Crippen LogP contribution in [0.1, 0.15) is 16.7 Å². The van der Waals surface area contributed by atoms with E-state index in [1.165, 1.54) is 16.5 Å². The van der Waals surface area contributed by atoms with Crippen LogP contribution < -0.4 is 5.32 Å². The molecule has 1 N–H and O–H groups in total. The van der Waals surface area contributed by atoms with E-state index in [1.807, 2.05) is 36.4 Å². The van der Waals surface area contributed by atoms with Crippen molar-refractivity contribution >= 4 is 44.4 Å². The maximum atomic E-state index is 12.6. The van der Waals surface area contributed by atoms with Crippen molar-refractivity contribution in [1.29, 1.82) is 5.26 Å². The van der Waals surface area contributed by atoms with Gasteiger partial charge >= 0.3 is 0 Å². The fourth-order valence-electron chi connectivity index (χ4n) is 3.45. The van der Waals surface area contributed by atoms with Crippen LogP contribution in [-0.4, -0.2) is 5.91 Å². The molecule has 0 aliphatic heterocycles. The Kier molecular flexibility index (Phi) is 4.32. The number of halogens is 1. The van der Waals surface area contributed by atoms with Crippen molar-refractivity contribution in [3.63, 3.8) is 0 Å². The number of hydrogen-bond acceptors (Lipinski definition) is 2. The summed E-state index contributed by atoms with van der Waals surface area (Å²) in [5.74, 6) is -0.414. The van der Waals surface area contributed by atoms with Crippen LogP contribution in [0.25, 0.3) is 16.8 Å². The zero-order valence-corrected chi connectivity index (χ0v) is 15.5. The second-order valence-electron chi connectivity index (χ2n) is 6.26. The van der Waals surface area contributed by atoms with Crippen molar-refractivity contribution in [2.45, 2.75) is 12.8 Å². The predicted molar refractivity (Wildman–Crippen MR) is 108 cm³/mol. The van der Waals surface area contributed by atoms with Crippen molar-refractivity contribution in [3.05, 3.63) is 81.3 Å². The molecule has 0 fully saturated rings. The number of aryl methyl sites for hydroxylation is 2. The molecule has 3 aromatic carbocycles. The van der Waals surface area contributed by atoms with Crippen LogP contribution in [-0.2, 0) is 17.6 Å². The largest absolute Gasteiger partial charge is 0.320 e. The molecule has 126 valence electrons. The zero-order valence-electron chi connectivity index (χ0n) is 13.9. The van der Waals surface area contributed by atoms with E-state index in [0.717, 1.165) is 28.3 Å². The monoisotopic (exact) mass is 402 g/mol. The Labute approximate surface area is 160 Å². The maximum absolute atomic E-state index is 12.6. The average Bonchev–Trinajstić information content (AvgIpc) is 3.08. The lowest BCUT2D eigenvalue weighted by Crippen LogP contribution is -2.13. The Balaban J connectivity index is 1.73. The number of carbonyl (C=O) groups is 1. The fourth-order valence-corrected chi connectivity index (χ4v) is 3.84. The van der Waals surface area contributed by atoms with E-state index in [2.05, 4.69) is 39.4 Å². The summed E-state index contributed by atoms with van der Waals surface area (Å²) < 4.78 is 0.774. The molecule has 1 aliphatic rings. The minimum absolute atomic E-state index is 0.0828. The third-order valence-electron chi connectivity index (χ3n) is 4.70. The molecular weight excluding hydrogens is 388 g/mol. The molecular formula is C22H15BrN2O. The number of nitrogens with one attached hydrogen (secondary N) is 1. The molecule has 1 amide bonds. The van der Waals surface area contributed by atoms with Crippen LogP contribution in [0.4, 0.5) is 5.69 Å². The summed E-state index contributed by atoms with van der Waals surface area (Å²) in [5.41, 5.74) is 4.29. The first-order chi connectivity index (χ1) is 12.7. The number of nitrogens with zero attached hydrogens (tertiary/aromatic N) is 1. The van der Waals surface area contributed by atoms with Gasteiger partial charge in [-0.2, -0.15) is 5.26 Å². The summed E-state index contributed by atoms with van der Waals surface area (Å²) in [5, 5.41) is 14.7. The van der Waals surface area contributed by atoms with Crippen LogP contribution in [0.5, 0.6) is 0 Å². The lowest BCUT2D eigenvalue weighted by Gasteiger charge is -2.08. The van der Waals surface area contributed by atoms with Gasteiger partial charge in [0.15, 0.2) is 0 Å². The molecule has 4 rings (SSSR count). The normalized spacial score (nSPS) is 12.8. The SMILES string of the molecule is N#C/C(=C\c1ccc2c3c(cccc13)CC2)C(=O)Nc1ccccc1Br. The highest BCUT2D eigenvalue weighted by molar-refractivity contribution is 9.10. The molecule has 1 aliphatic carbocycles. The molecule has 0 spiro atoms. The summed E-state index contributed by atoms with van der Waals surface area (Å²) in [6.07, 6.45) is 3.77. The molecule has 0 bridgehead atoms. The van der Waals surface area contributed by atoms with E-state index in [9.17, 15) is 10.1 Å². The van der Waals surface area contributed by atoms with Gasteiger partial charge in [0.05, 0.1) is 5.69 Å². The van der Waals surface area contributed by atoms with Gasteiger partial charge in [-0.25, -0.2) is 0 Å². The van der Waals surface area contributed by atoms with Crippen LogP contribution in [0.15, 0.2) is 64.6 Å². The van der Waals surface area contributed by atoms with Gasteiger partial charge in [-0.15, -0.1) is 0 Å². The third kappa shape index (κ3) is 2.91. The van der Waals surface area contributed by atoms with E-state index < -0.39 is 5.91 Å². The van der Waals surface area contributed by atoms with Gasteiger partial charge < -0.3 is 5.32 Å². The van der Waals surface area contributed by atoms with E-state index in [1.54, 1.807) is 12.1 Å². The fraction of sp³-hybridized carbons (Fsp3) is 0.0909. The third-order valence-corrected chi connectivity index (χ3v) is 5.39. The minimum Gasteiger partial charge on any atom is -0.320 e. The summed E-state index contributed by atoms with van der Waals surface area (Å²) in [7, 11) is 0. The second kappa shape index (κ2) is 6.78. The van der Waals surface area contributed by atoms with Crippen molar-refractivity contribution in [1.82, 2.24) is 0 Å². The Morgan fingerprint density at radius 1 is 1.04 bits per heavy atom. The first-order valence-corrected chi connectivity index (χ1v) is 9.18. The van der Waals surface area contributed by atoms with Gasteiger partial charge in [-0.1, -0.05) is 42.5 Å². The first kappa shape index (κ1) is 16.6. The highest BCUT2D eigenvalue weighted by Crippen LogP contribution is 2.33. The van der Waals surface area contributed by atoms with Crippen molar-refractivity contribution in [3.8, 4) is 6.07 Å². The Bertz CT molecular complexity index is 1100. The van der Waals surface area contributed by atoms with Crippen LogP contribution in [0, 0.1) is 11.3 Å². The Hall–Kier alpha value is -2.90. The molecule has 4 heteroatoms. The lowest BCUT2D eigenvalue weighted by atomic mass is 9.98. The molecule has 3 nitrogen and oxygen atoms in total. The van der Waals surface area contributed by atoms with Gasteiger partial charge in [0.2, 0.25) is 0 Å². The predicted octanol–water partition coefficient (Wildman–Crippen LogP) is 5.25. The summed E-state index contributed by atoms with van der Waals surface area (Å²) in [6.45, 7) is 0. The summed E-state index contributed by atoms with van der Waals surface area (Å²) in [4.78, 5) is 12.6. The zero-order chi connectivity index (χ0) is 18.1. The molecule has 0 saturated heterocycles. The van der Waals surface area contributed by atoms with Crippen LogP contribution in [0.3, 0.4) is 0 Å². The number of carbonyl (C=O) groups excluding carboxylic acids is 1. The first-order valence-electron chi connectivity index (χ1n) is 8.38. The molecule has 0 heterocycles. The molecule has 0 aromatic heterocycles. The second-order valence-corrected chi connectivity index (χ2v) is 7.11. The highest BCUT2D eigenvalue weighted by atomic mass is 79.9. The number of amides is 1. The number of rotatable bonds is 3. The quantitative estimate of drug-likeness (QED) is 0.480. The lowest BCUT2D eigenvalue weighted by molar-refractivity contribution is -0.112. The van der Waals surface area contributed by atoms with E-state index in [4.69, 9.17) is 0 Å². The van der Waals surface area contributed by atoms with Gasteiger partial charge in [-0.3, -0.25) is 4.79 Å². The molecule has 0 radical (unpaired) electrons. The minimum atomic E-state index is -0.414. The Morgan fingerprint density at radius 2 is 1.81 bits per heavy atom. The molecule has 0 saturated carbocycles. The van der Waals surface area contributed by atoms with E-state index >= 15 is 0 Å². The summed E-state index contributed by atoms with van der Waals surface area (Å²) in [6, 6.07) is 19.7. The average molecular weight is 403 g/mol. The standard InChI is InChI=1S/C22H15BrN2O/c23-19-6-1-2-7-20(19)25-22(26)17(13-24)12-16-11-10-15-9-8-14-4-3-5-18(16)21(14)15/h1-7,10-12H,8-9H2,(H,25,26)/b17-12+. The van der Waals surface area contributed by atoms with Gasteiger partial charge in [0.25, 0.3) is 5.91 Å². The number of para-hydroxylation sites is 1.